The van der Waals surface area contributed by atoms with Crippen molar-refractivity contribution in [3.63, 3.8) is 0 Å². The molecule has 2 amide bonds. The molecule has 29 heavy (non-hydrogen) atoms. The molecular weight excluding hydrogens is 366 g/mol. The molecule has 1 aliphatic rings. The maximum absolute atomic E-state index is 12.8. The van der Waals surface area contributed by atoms with Gasteiger partial charge >= 0.3 is 6.09 Å². The minimum absolute atomic E-state index is 0.119. The molecule has 0 bridgehead atoms. The number of likely N-dealkylation sites (tertiary alicyclic amines) is 1. The van der Waals surface area contributed by atoms with E-state index in [1.54, 1.807) is 0 Å². The molecule has 0 saturated carbocycles. The van der Waals surface area contributed by atoms with E-state index in [0.717, 1.165) is 32.5 Å². The van der Waals surface area contributed by atoms with E-state index in [1.165, 1.54) is 5.56 Å². The number of nitrogens with zero attached hydrogens (tertiary/aromatic N) is 1. The SMILES string of the molecule is CC(C)C[C@H](NC(=O)OC(C)(C)C)C(=O)N[C@H]1CCN(CCc2ccccc2)C1. The van der Waals surface area contributed by atoms with Crippen LogP contribution in [-0.4, -0.2) is 54.2 Å². The summed E-state index contributed by atoms with van der Waals surface area (Å²) in [7, 11) is 0. The van der Waals surface area contributed by atoms with Crippen molar-refractivity contribution >= 4 is 12.0 Å². The second-order valence-electron chi connectivity index (χ2n) is 9.36. The fourth-order valence-corrected chi connectivity index (χ4v) is 3.54. The molecule has 1 aromatic rings. The summed E-state index contributed by atoms with van der Waals surface area (Å²) in [5.41, 5.74) is 0.742. The Labute approximate surface area is 175 Å². The molecule has 1 heterocycles. The van der Waals surface area contributed by atoms with E-state index in [4.69, 9.17) is 4.74 Å². The van der Waals surface area contributed by atoms with Gasteiger partial charge in [0, 0.05) is 25.7 Å². The lowest BCUT2D eigenvalue weighted by molar-refractivity contribution is -0.124. The van der Waals surface area contributed by atoms with Crippen molar-refractivity contribution < 1.29 is 14.3 Å². The van der Waals surface area contributed by atoms with Gasteiger partial charge in [0.15, 0.2) is 0 Å². The molecule has 1 fully saturated rings. The fourth-order valence-electron chi connectivity index (χ4n) is 3.54. The number of carbonyl (C=O) groups excluding carboxylic acids is 2. The van der Waals surface area contributed by atoms with E-state index in [9.17, 15) is 9.59 Å². The Hall–Kier alpha value is -2.08. The van der Waals surface area contributed by atoms with Gasteiger partial charge in [-0.2, -0.15) is 0 Å². The van der Waals surface area contributed by atoms with Crippen LogP contribution in [0.1, 0.15) is 53.0 Å². The van der Waals surface area contributed by atoms with Crippen LogP contribution in [0, 0.1) is 5.92 Å². The zero-order valence-corrected chi connectivity index (χ0v) is 18.5. The Bertz CT molecular complexity index is 655. The van der Waals surface area contributed by atoms with Gasteiger partial charge in [-0.3, -0.25) is 4.79 Å². The smallest absolute Gasteiger partial charge is 0.408 e. The first-order valence-electron chi connectivity index (χ1n) is 10.7. The topological polar surface area (TPSA) is 70.7 Å². The van der Waals surface area contributed by atoms with Gasteiger partial charge in [0.05, 0.1) is 0 Å². The third kappa shape index (κ3) is 8.86. The lowest BCUT2D eigenvalue weighted by atomic mass is 10.0. The van der Waals surface area contributed by atoms with Crippen LogP contribution in [0.5, 0.6) is 0 Å². The van der Waals surface area contributed by atoms with E-state index in [2.05, 4.69) is 39.8 Å². The first-order chi connectivity index (χ1) is 13.6. The summed E-state index contributed by atoms with van der Waals surface area (Å²) in [4.78, 5) is 27.4. The van der Waals surface area contributed by atoms with Crippen molar-refractivity contribution in [1.82, 2.24) is 15.5 Å². The number of amides is 2. The number of rotatable bonds is 8. The summed E-state index contributed by atoms with van der Waals surface area (Å²) in [6.07, 6.45) is 1.98. The van der Waals surface area contributed by atoms with E-state index in [0.29, 0.717) is 6.42 Å². The highest BCUT2D eigenvalue weighted by molar-refractivity contribution is 5.85. The van der Waals surface area contributed by atoms with E-state index in [-0.39, 0.29) is 17.9 Å². The van der Waals surface area contributed by atoms with Gasteiger partial charge in [0.1, 0.15) is 11.6 Å². The van der Waals surface area contributed by atoms with Crippen LogP contribution in [0.3, 0.4) is 0 Å². The minimum atomic E-state index is -0.590. The van der Waals surface area contributed by atoms with Gasteiger partial charge in [0.2, 0.25) is 5.91 Å². The van der Waals surface area contributed by atoms with Crippen molar-refractivity contribution in [3.05, 3.63) is 35.9 Å². The van der Waals surface area contributed by atoms with Crippen LogP contribution < -0.4 is 10.6 Å². The van der Waals surface area contributed by atoms with Crippen molar-refractivity contribution in [2.75, 3.05) is 19.6 Å². The fraction of sp³-hybridized carbons (Fsp3) is 0.652. The van der Waals surface area contributed by atoms with Crippen LogP contribution in [-0.2, 0) is 16.0 Å². The molecule has 0 spiro atoms. The molecule has 0 aromatic heterocycles. The summed E-state index contributed by atoms with van der Waals surface area (Å²) in [6, 6.07) is 9.99. The molecule has 6 nitrogen and oxygen atoms in total. The second-order valence-corrected chi connectivity index (χ2v) is 9.36. The number of carbonyl (C=O) groups is 2. The Morgan fingerprint density at radius 1 is 1.21 bits per heavy atom. The van der Waals surface area contributed by atoms with Crippen LogP contribution in [0.2, 0.25) is 0 Å². The second kappa shape index (κ2) is 10.6. The lowest BCUT2D eigenvalue weighted by Crippen LogP contribution is -2.51. The third-order valence-electron chi connectivity index (χ3n) is 4.89. The molecule has 1 saturated heterocycles. The normalized spacial score (nSPS) is 18.5. The Balaban J connectivity index is 1.82. The predicted molar refractivity (Wildman–Crippen MR) is 116 cm³/mol. The van der Waals surface area contributed by atoms with Crippen molar-refractivity contribution in [2.45, 2.75) is 71.6 Å². The van der Waals surface area contributed by atoms with Gasteiger partial charge in [-0.1, -0.05) is 44.2 Å². The Morgan fingerprint density at radius 3 is 2.52 bits per heavy atom. The van der Waals surface area contributed by atoms with Crippen LogP contribution in [0.25, 0.3) is 0 Å². The summed E-state index contributed by atoms with van der Waals surface area (Å²) in [6.45, 7) is 12.3. The van der Waals surface area contributed by atoms with Gasteiger partial charge in [-0.25, -0.2) is 4.79 Å². The number of ether oxygens (including phenoxy) is 1. The standard InChI is InChI=1S/C23H37N3O3/c1-17(2)15-20(25-22(28)29-23(3,4)5)21(27)24-19-12-14-26(16-19)13-11-18-9-7-6-8-10-18/h6-10,17,19-20H,11-16H2,1-5H3,(H,24,27)(H,25,28)/t19-,20-/m0/s1. The predicted octanol–water partition coefficient (Wildman–Crippen LogP) is 3.36. The Kier molecular flexibility index (Phi) is 8.50. The summed E-state index contributed by atoms with van der Waals surface area (Å²) in [5.74, 6) is 0.158. The molecule has 1 aliphatic heterocycles. The van der Waals surface area contributed by atoms with Crippen molar-refractivity contribution in [1.29, 1.82) is 0 Å². The average molecular weight is 404 g/mol. The van der Waals surface area contributed by atoms with Crippen molar-refractivity contribution in [3.8, 4) is 0 Å². The average Bonchev–Trinajstić information content (AvgIpc) is 3.05. The maximum Gasteiger partial charge on any atom is 0.408 e. The number of alkyl carbamates (subject to hydrolysis) is 1. The van der Waals surface area contributed by atoms with Crippen LogP contribution in [0.4, 0.5) is 4.79 Å². The lowest BCUT2D eigenvalue weighted by Gasteiger charge is -2.25. The molecule has 0 unspecified atom stereocenters. The zero-order chi connectivity index (χ0) is 21.4. The zero-order valence-electron chi connectivity index (χ0n) is 18.5. The third-order valence-corrected chi connectivity index (χ3v) is 4.89. The Morgan fingerprint density at radius 2 is 1.90 bits per heavy atom. The summed E-state index contributed by atoms with van der Waals surface area (Å²) >= 11 is 0. The van der Waals surface area contributed by atoms with Crippen LogP contribution >= 0.6 is 0 Å². The molecule has 6 heteroatoms. The molecule has 2 N–H and O–H groups in total. The van der Waals surface area contributed by atoms with Crippen molar-refractivity contribution in [2.24, 2.45) is 5.92 Å². The monoisotopic (exact) mass is 403 g/mol. The number of benzene rings is 1. The molecule has 2 rings (SSSR count). The van der Waals surface area contributed by atoms with E-state index in [1.807, 2.05) is 40.7 Å². The molecule has 0 radical (unpaired) electrons. The quantitative estimate of drug-likeness (QED) is 0.698. The first-order valence-corrected chi connectivity index (χ1v) is 10.7. The highest BCUT2D eigenvalue weighted by Crippen LogP contribution is 2.13. The highest BCUT2D eigenvalue weighted by Gasteiger charge is 2.29. The van der Waals surface area contributed by atoms with E-state index < -0.39 is 17.7 Å². The van der Waals surface area contributed by atoms with Gasteiger partial charge in [0.25, 0.3) is 0 Å². The summed E-state index contributed by atoms with van der Waals surface area (Å²) < 4.78 is 5.32. The van der Waals surface area contributed by atoms with Crippen LogP contribution in [0.15, 0.2) is 30.3 Å². The first kappa shape index (κ1) is 23.2. The molecule has 1 aromatic carbocycles. The molecule has 162 valence electrons. The number of hydrogen-bond acceptors (Lipinski definition) is 4. The maximum atomic E-state index is 12.8. The molecular formula is C23H37N3O3. The number of nitrogens with one attached hydrogen (secondary N) is 2. The number of hydrogen-bond donors (Lipinski definition) is 2. The van der Waals surface area contributed by atoms with E-state index >= 15 is 0 Å². The summed E-state index contributed by atoms with van der Waals surface area (Å²) in [5, 5.41) is 5.88. The highest BCUT2D eigenvalue weighted by atomic mass is 16.6. The van der Waals surface area contributed by atoms with Gasteiger partial charge in [-0.15, -0.1) is 0 Å². The van der Waals surface area contributed by atoms with Gasteiger partial charge < -0.3 is 20.3 Å². The molecule has 0 aliphatic carbocycles. The van der Waals surface area contributed by atoms with Gasteiger partial charge in [-0.05, 0) is 51.5 Å². The largest absolute Gasteiger partial charge is 0.444 e. The molecule has 2 atom stereocenters. The minimum Gasteiger partial charge on any atom is -0.444 e.